The minimum Gasteiger partial charge on any atom is -0.299 e. The fraction of sp³-hybridized carbons (Fsp3) is 0.462. The van der Waals surface area contributed by atoms with Gasteiger partial charge in [-0.1, -0.05) is 29.3 Å². The van der Waals surface area contributed by atoms with Crippen molar-refractivity contribution in [2.45, 2.75) is 38.7 Å². The molecule has 0 aliphatic carbocycles. The normalized spacial score (nSPS) is 13.4. The molecule has 94 valence electrons. The van der Waals surface area contributed by atoms with Crippen LogP contribution >= 0.6 is 0 Å². The fourth-order valence-corrected chi connectivity index (χ4v) is 3.15. The summed E-state index contributed by atoms with van der Waals surface area (Å²) in [6.45, 7) is 6.61. The van der Waals surface area contributed by atoms with Crippen LogP contribution in [0.1, 0.15) is 30.5 Å². The first-order valence-corrected chi connectivity index (χ1v) is 7.23. The second-order valence-electron chi connectivity index (χ2n) is 4.56. The van der Waals surface area contributed by atoms with Crippen LogP contribution in [0.15, 0.2) is 18.2 Å². The number of aryl methyl sites for hydroxylation is 2. The van der Waals surface area contributed by atoms with E-state index in [0.29, 0.717) is 0 Å². The molecule has 0 spiro atoms. The quantitative estimate of drug-likeness (QED) is 0.827. The predicted molar refractivity (Wildman–Crippen MR) is 68.7 cm³/mol. The Kier molecular flexibility index (Phi) is 4.09. The molecule has 1 atom stereocenters. The van der Waals surface area contributed by atoms with Gasteiger partial charge >= 0.3 is 0 Å². The van der Waals surface area contributed by atoms with Crippen molar-refractivity contribution in [2.24, 2.45) is 0 Å². The van der Waals surface area contributed by atoms with Crippen molar-refractivity contribution in [3.8, 4) is 0 Å². The molecule has 0 saturated carbocycles. The Balaban J connectivity index is 3.02. The van der Waals surface area contributed by atoms with Crippen LogP contribution in [0.3, 0.4) is 0 Å². The Bertz CT molecular complexity index is 509. The Hall–Kier alpha value is -1.16. The second kappa shape index (κ2) is 5.00. The van der Waals surface area contributed by atoms with Gasteiger partial charge in [0.15, 0.2) is 9.84 Å². The molecule has 17 heavy (non-hydrogen) atoms. The highest BCUT2D eigenvalue weighted by Gasteiger charge is 2.25. The zero-order chi connectivity index (χ0) is 13.2. The third-order valence-corrected chi connectivity index (χ3v) is 4.91. The molecule has 0 fully saturated rings. The van der Waals surface area contributed by atoms with Crippen LogP contribution in [0.2, 0.25) is 0 Å². The summed E-state index contributed by atoms with van der Waals surface area (Å²) in [4.78, 5) is 11.1. The van der Waals surface area contributed by atoms with Crippen molar-refractivity contribution in [2.75, 3.05) is 0 Å². The van der Waals surface area contributed by atoms with Gasteiger partial charge in [-0.05, 0) is 33.3 Å². The van der Waals surface area contributed by atoms with Crippen molar-refractivity contribution in [3.63, 3.8) is 0 Å². The molecule has 0 aromatic heterocycles. The number of Topliss-reactive ketones (excluding diaryl/α,β-unsaturated/α-hetero) is 1. The van der Waals surface area contributed by atoms with E-state index in [2.05, 4.69) is 0 Å². The molecule has 0 radical (unpaired) electrons. The van der Waals surface area contributed by atoms with Gasteiger partial charge < -0.3 is 0 Å². The van der Waals surface area contributed by atoms with E-state index >= 15 is 0 Å². The van der Waals surface area contributed by atoms with E-state index in [1.807, 2.05) is 32.0 Å². The summed E-state index contributed by atoms with van der Waals surface area (Å²) in [5.74, 6) is -0.384. The van der Waals surface area contributed by atoms with E-state index in [-0.39, 0.29) is 11.5 Å². The van der Waals surface area contributed by atoms with E-state index < -0.39 is 15.1 Å². The van der Waals surface area contributed by atoms with Crippen LogP contribution < -0.4 is 0 Å². The van der Waals surface area contributed by atoms with Gasteiger partial charge in [-0.2, -0.15) is 0 Å². The zero-order valence-electron chi connectivity index (χ0n) is 10.6. The molecule has 1 aromatic carbocycles. The van der Waals surface area contributed by atoms with Gasteiger partial charge in [-0.15, -0.1) is 0 Å². The first-order valence-electron chi connectivity index (χ1n) is 5.51. The highest BCUT2D eigenvalue weighted by atomic mass is 32.2. The number of ketones is 1. The Morgan fingerprint density at radius 2 is 1.65 bits per heavy atom. The van der Waals surface area contributed by atoms with Gasteiger partial charge in [0.2, 0.25) is 0 Å². The first kappa shape index (κ1) is 13.9. The Morgan fingerprint density at radius 3 is 2.06 bits per heavy atom. The number of sulfone groups is 1. The van der Waals surface area contributed by atoms with E-state index in [0.717, 1.165) is 16.7 Å². The maximum atomic E-state index is 11.9. The molecule has 0 N–H and O–H groups in total. The Morgan fingerprint density at radius 1 is 1.18 bits per heavy atom. The fourth-order valence-electron chi connectivity index (χ4n) is 1.76. The molecule has 0 amide bonds. The molecule has 0 bridgehead atoms. The predicted octanol–water partition coefficient (Wildman–Crippen LogP) is 2.20. The molecule has 4 heteroatoms. The maximum absolute atomic E-state index is 11.9. The first-order chi connectivity index (χ1) is 7.72. The molecule has 3 nitrogen and oxygen atoms in total. The standard InChI is InChI=1S/C13H18O3S/c1-9-5-10(2)7-13(6-9)8-17(15,16)12(4)11(3)14/h5-7,12H,8H2,1-4H3. The summed E-state index contributed by atoms with van der Waals surface area (Å²) in [6.07, 6.45) is 0. The summed E-state index contributed by atoms with van der Waals surface area (Å²) in [7, 11) is -3.40. The lowest BCUT2D eigenvalue weighted by Crippen LogP contribution is -2.26. The minimum absolute atomic E-state index is 0.0731. The van der Waals surface area contributed by atoms with Crippen molar-refractivity contribution in [1.82, 2.24) is 0 Å². The maximum Gasteiger partial charge on any atom is 0.164 e. The van der Waals surface area contributed by atoms with E-state index in [1.54, 1.807) is 0 Å². The molecule has 1 unspecified atom stereocenters. The zero-order valence-corrected chi connectivity index (χ0v) is 11.5. The smallest absolute Gasteiger partial charge is 0.164 e. The second-order valence-corrected chi connectivity index (χ2v) is 6.88. The molecule has 0 saturated heterocycles. The Labute approximate surface area is 103 Å². The highest BCUT2D eigenvalue weighted by molar-refractivity contribution is 7.92. The number of carbonyl (C=O) groups is 1. The van der Waals surface area contributed by atoms with Crippen LogP contribution in [-0.4, -0.2) is 19.5 Å². The van der Waals surface area contributed by atoms with E-state index in [9.17, 15) is 13.2 Å². The van der Waals surface area contributed by atoms with E-state index in [1.165, 1.54) is 13.8 Å². The van der Waals surface area contributed by atoms with E-state index in [4.69, 9.17) is 0 Å². The van der Waals surface area contributed by atoms with Gasteiger partial charge in [0.05, 0.1) is 5.75 Å². The summed E-state index contributed by atoms with van der Waals surface area (Å²) in [5.41, 5.74) is 2.81. The van der Waals surface area contributed by atoms with Crippen molar-refractivity contribution < 1.29 is 13.2 Å². The number of hydrogen-bond acceptors (Lipinski definition) is 3. The number of hydrogen-bond donors (Lipinski definition) is 0. The van der Waals surface area contributed by atoms with Crippen LogP contribution in [0.5, 0.6) is 0 Å². The van der Waals surface area contributed by atoms with Crippen LogP contribution in [-0.2, 0) is 20.4 Å². The topological polar surface area (TPSA) is 51.2 Å². The monoisotopic (exact) mass is 254 g/mol. The van der Waals surface area contributed by atoms with Crippen LogP contribution in [0, 0.1) is 13.8 Å². The molecule has 1 rings (SSSR count). The van der Waals surface area contributed by atoms with Gasteiger partial charge in [0.25, 0.3) is 0 Å². The lowest BCUT2D eigenvalue weighted by molar-refractivity contribution is -0.116. The SMILES string of the molecule is CC(=O)C(C)S(=O)(=O)Cc1cc(C)cc(C)c1. The van der Waals surface area contributed by atoms with Crippen LogP contribution in [0.25, 0.3) is 0 Å². The average molecular weight is 254 g/mol. The summed E-state index contributed by atoms with van der Waals surface area (Å²) in [6, 6.07) is 5.68. The summed E-state index contributed by atoms with van der Waals surface area (Å²) in [5, 5.41) is -0.927. The van der Waals surface area contributed by atoms with Crippen molar-refractivity contribution >= 4 is 15.6 Å². The molecular formula is C13H18O3S. The summed E-state index contributed by atoms with van der Waals surface area (Å²) >= 11 is 0. The lowest BCUT2D eigenvalue weighted by atomic mass is 10.1. The van der Waals surface area contributed by atoms with Crippen molar-refractivity contribution in [3.05, 3.63) is 34.9 Å². The molecule has 0 aliphatic rings. The minimum atomic E-state index is -3.40. The average Bonchev–Trinajstić information content (AvgIpc) is 2.13. The van der Waals surface area contributed by atoms with Crippen molar-refractivity contribution in [1.29, 1.82) is 0 Å². The third-order valence-electron chi connectivity index (χ3n) is 2.76. The molecular weight excluding hydrogens is 236 g/mol. The van der Waals surface area contributed by atoms with Gasteiger partial charge in [0.1, 0.15) is 11.0 Å². The van der Waals surface area contributed by atoms with Gasteiger partial charge in [0, 0.05) is 0 Å². The molecule has 1 aromatic rings. The molecule has 0 aliphatic heterocycles. The molecule has 0 heterocycles. The number of rotatable bonds is 4. The largest absolute Gasteiger partial charge is 0.299 e. The number of carbonyl (C=O) groups excluding carboxylic acids is 1. The lowest BCUT2D eigenvalue weighted by Gasteiger charge is -2.10. The highest BCUT2D eigenvalue weighted by Crippen LogP contribution is 2.15. The van der Waals surface area contributed by atoms with Gasteiger partial charge in [-0.3, -0.25) is 4.79 Å². The number of benzene rings is 1. The third kappa shape index (κ3) is 3.66. The summed E-state index contributed by atoms with van der Waals surface area (Å²) < 4.78 is 23.9. The van der Waals surface area contributed by atoms with Crippen LogP contribution in [0.4, 0.5) is 0 Å². The van der Waals surface area contributed by atoms with Gasteiger partial charge in [-0.25, -0.2) is 8.42 Å².